The molecule has 17 heavy (non-hydrogen) atoms. The summed E-state index contributed by atoms with van der Waals surface area (Å²) in [7, 11) is 1.75. The number of hydrogen-bond acceptors (Lipinski definition) is 3. The quantitative estimate of drug-likeness (QED) is 0.844. The highest BCUT2D eigenvalue weighted by atomic mass is 16.1. The Bertz CT molecular complexity index is 577. The highest BCUT2D eigenvalue weighted by Crippen LogP contribution is 2.10. The first-order valence-corrected chi connectivity index (χ1v) is 5.00. The molecular formula is C12H10N4O. The number of nitrogens with zero attached hydrogens (tertiary/aromatic N) is 3. The molecule has 0 spiro atoms. The summed E-state index contributed by atoms with van der Waals surface area (Å²) in [4.78, 5) is 11.7. The predicted molar refractivity (Wildman–Crippen MR) is 62.3 cm³/mol. The van der Waals surface area contributed by atoms with Crippen molar-refractivity contribution in [1.29, 1.82) is 5.26 Å². The van der Waals surface area contributed by atoms with E-state index in [1.54, 1.807) is 48.3 Å². The standard InChI is InChI=1S/C12H10N4O/c1-16-7-6-11(15-16)12(17)14-10-4-2-9(8-13)3-5-10/h2-7H,1H3,(H,14,17). The van der Waals surface area contributed by atoms with E-state index in [1.807, 2.05) is 6.07 Å². The summed E-state index contributed by atoms with van der Waals surface area (Å²) in [5, 5.41) is 15.3. The lowest BCUT2D eigenvalue weighted by Gasteiger charge is -2.02. The van der Waals surface area contributed by atoms with Crippen LogP contribution in [0.2, 0.25) is 0 Å². The molecule has 0 saturated heterocycles. The molecule has 0 atom stereocenters. The van der Waals surface area contributed by atoms with Crippen LogP contribution >= 0.6 is 0 Å². The second-order valence-corrected chi connectivity index (χ2v) is 3.52. The summed E-state index contributed by atoms with van der Waals surface area (Å²) >= 11 is 0. The molecule has 5 heteroatoms. The molecule has 1 N–H and O–H groups in total. The van der Waals surface area contributed by atoms with E-state index < -0.39 is 0 Å². The molecule has 0 aliphatic heterocycles. The Balaban J connectivity index is 2.11. The Hall–Kier alpha value is -2.61. The number of nitrogens with one attached hydrogen (secondary N) is 1. The zero-order valence-electron chi connectivity index (χ0n) is 9.21. The molecule has 0 unspecified atom stereocenters. The van der Waals surface area contributed by atoms with Gasteiger partial charge < -0.3 is 5.32 Å². The second kappa shape index (κ2) is 4.49. The molecule has 0 aliphatic carbocycles. The maximum Gasteiger partial charge on any atom is 0.276 e. The highest BCUT2D eigenvalue weighted by Gasteiger charge is 2.08. The maximum atomic E-state index is 11.7. The van der Waals surface area contributed by atoms with Crippen LogP contribution < -0.4 is 5.32 Å². The molecule has 0 bridgehead atoms. The van der Waals surface area contributed by atoms with Crippen LogP contribution in [0.25, 0.3) is 0 Å². The Labute approximate surface area is 98.3 Å². The second-order valence-electron chi connectivity index (χ2n) is 3.52. The minimum Gasteiger partial charge on any atom is -0.321 e. The van der Waals surface area contributed by atoms with Crippen LogP contribution in [0.1, 0.15) is 16.1 Å². The van der Waals surface area contributed by atoms with E-state index in [-0.39, 0.29) is 5.91 Å². The van der Waals surface area contributed by atoms with Gasteiger partial charge in [-0.2, -0.15) is 10.4 Å². The third kappa shape index (κ3) is 2.49. The third-order valence-electron chi connectivity index (χ3n) is 2.22. The number of anilines is 1. The molecule has 1 aromatic carbocycles. The van der Waals surface area contributed by atoms with Gasteiger partial charge >= 0.3 is 0 Å². The smallest absolute Gasteiger partial charge is 0.276 e. The molecule has 1 amide bonds. The first-order chi connectivity index (χ1) is 8.19. The number of benzene rings is 1. The van der Waals surface area contributed by atoms with E-state index in [4.69, 9.17) is 5.26 Å². The number of amides is 1. The van der Waals surface area contributed by atoms with Gasteiger partial charge in [-0.1, -0.05) is 0 Å². The fourth-order valence-electron chi connectivity index (χ4n) is 1.36. The summed E-state index contributed by atoms with van der Waals surface area (Å²) in [6.45, 7) is 0. The molecule has 0 aliphatic rings. The van der Waals surface area contributed by atoms with E-state index in [1.165, 1.54) is 0 Å². The Kier molecular flexibility index (Phi) is 2.88. The van der Waals surface area contributed by atoms with Crippen molar-refractivity contribution in [2.75, 3.05) is 5.32 Å². The molecule has 1 heterocycles. The molecule has 5 nitrogen and oxygen atoms in total. The van der Waals surface area contributed by atoms with Gasteiger partial charge in [-0.15, -0.1) is 0 Å². The molecule has 84 valence electrons. The number of carbonyl (C=O) groups is 1. The van der Waals surface area contributed by atoms with Crippen molar-refractivity contribution in [2.24, 2.45) is 7.05 Å². The van der Waals surface area contributed by atoms with Crippen molar-refractivity contribution in [1.82, 2.24) is 9.78 Å². The third-order valence-corrected chi connectivity index (χ3v) is 2.22. The first kappa shape index (κ1) is 10.9. The van der Waals surface area contributed by atoms with Gasteiger partial charge in [0.15, 0.2) is 5.69 Å². The Morgan fingerprint density at radius 3 is 2.59 bits per heavy atom. The van der Waals surface area contributed by atoms with Crippen LogP contribution in [0.4, 0.5) is 5.69 Å². The number of hydrogen-bond donors (Lipinski definition) is 1. The van der Waals surface area contributed by atoms with Gasteiger partial charge in [0.1, 0.15) is 0 Å². The topological polar surface area (TPSA) is 70.7 Å². The largest absolute Gasteiger partial charge is 0.321 e. The van der Waals surface area contributed by atoms with Crippen LogP contribution in [0, 0.1) is 11.3 Å². The average molecular weight is 226 g/mol. The van der Waals surface area contributed by atoms with Crippen LogP contribution in [0.3, 0.4) is 0 Å². The van der Waals surface area contributed by atoms with Crippen molar-refractivity contribution in [3.63, 3.8) is 0 Å². The van der Waals surface area contributed by atoms with Crippen LogP contribution in [0.15, 0.2) is 36.5 Å². The van der Waals surface area contributed by atoms with Gasteiger partial charge in [-0.3, -0.25) is 9.48 Å². The predicted octanol–water partition coefficient (Wildman–Crippen LogP) is 1.54. The van der Waals surface area contributed by atoms with Crippen LogP contribution in [0.5, 0.6) is 0 Å². The summed E-state index contributed by atoms with van der Waals surface area (Å²) in [5.41, 5.74) is 1.55. The van der Waals surface area contributed by atoms with Gasteiger partial charge in [-0.05, 0) is 30.3 Å². The van der Waals surface area contributed by atoms with Crippen molar-refractivity contribution >= 4 is 11.6 Å². The number of rotatable bonds is 2. The molecule has 2 rings (SSSR count). The fourth-order valence-corrected chi connectivity index (χ4v) is 1.36. The van der Waals surface area contributed by atoms with Crippen LogP contribution in [-0.2, 0) is 7.05 Å². The van der Waals surface area contributed by atoms with Crippen LogP contribution in [-0.4, -0.2) is 15.7 Å². The lowest BCUT2D eigenvalue weighted by Crippen LogP contribution is -2.12. The minimum absolute atomic E-state index is 0.268. The lowest BCUT2D eigenvalue weighted by atomic mass is 10.2. The first-order valence-electron chi connectivity index (χ1n) is 5.00. The van der Waals surface area contributed by atoms with Gasteiger partial charge in [0.05, 0.1) is 11.6 Å². The number of aromatic nitrogens is 2. The van der Waals surface area contributed by atoms with Gasteiger partial charge in [0.25, 0.3) is 5.91 Å². The highest BCUT2D eigenvalue weighted by molar-refractivity contribution is 6.02. The van der Waals surface area contributed by atoms with E-state index >= 15 is 0 Å². The normalized spacial score (nSPS) is 9.65. The van der Waals surface area contributed by atoms with Crippen molar-refractivity contribution in [2.45, 2.75) is 0 Å². The number of aryl methyl sites for hydroxylation is 1. The van der Waals surface area contributed by atoms with E-state index in [0.717, 1.165) is 0 Å². The number of carbonyl (C=O) groups excluding carboxylic acids is 1. The average Bonchev–Trinajstić information content (AvgIpc) is 2.77. The summed E-state index contributed by atoms with van der Waals surface area (Å²) in [5.74, 6) is -0.268. The monoisotopic (exact) mass is 226 g/mol. The molecule has 2 aromatic rings. The molecule has 0 saturated carbocycles. The SMILES string of the molecule is Cn1ccc(C(=O)Nc2ccc(C#N)cc2)n1. The van der Waals surface area contributed by atoms with E-state index in [2.05, 4.69) is 10.4 Å². The Morgan fingerprint density at radius 2 is 2.06 bits per heavy atom. The fraction of sp³-hybridized carbons (Fsp3) is 0.0833. The molecule has 0 fully saturated rings. The minimum atomic E-state index is -0.268. The molecule has 0 radical (unpaired) electrons. The summed E-state index contributed by atoms with van der Waals surface area (Å²) < 4.78 is 1.56. The maximum absolute atomic E-state index is 11.7. The van der Waals surface area contributed by atoms with E-state index in [0.29, 0.717) is 16.9 Å². The van der Waals surface area contributed by atoms with Gasteiger partial charge in [0.2, 0.25) is 0 Å². The zero-order valence-corrected chi connectivity index (χ0v) is 9.21. The summed E-state index contributed by atoms with van der Waals surface area (Å²) in [6, 6.07) is 10.3. The molecular weight excluding hydrogens is 216 g/mol. The van der Waals surface area contributed by atoms with E-state index in [9.17, 15) is 4.79 Å². The number of nitriles is 1. The zero-order chi connectivity index (χ0) is 12.3. The van der Waals surface area contributed by atoms with Gasteiger partial charge in [0, 0.05) is 18.9 Å². The molecule has 1 aromatic heterocycles. The van der Waals surface area contributed by atoms with Crippen molar-refractivity contribution < 1.29 is 4.79 Å². The van der Waals surface area contributed by atoms with Crippen molar-refractivity contribution in [3.05, 3.63) is 47.8 Å². The Morgan fingerprint density at radius 1 is 1.35 bits per heavy atom. The summed E-state index contributed by atoms with van der Waals surface area (Å²) in [6.07, 6.45) is 1.70. The van der Waals surface area contributed by atoms with Crippen molar-refractivity contribution in [3.8, 4) is 6.07 Å². The van der Waals surface area contributed by atoms with Gasteiger partial charge in [-0.25, -0.2) is 0 Å². The lowest BCUT2D eigenvalue weighted by molar-refractivity contribution is 0.102.